The Morgan fingerprint density at radius 1 is 1.11 bits per heavy atom. The summed E-state index contributed by atoms with van der Waals surface area (Å²) in [6.07, 6.45) is -4.63. The lowest BCUT2D eigenvalue weighted by atomic mass is 10.1. The Balaban J connectivity index is 2.12. The average molecular weight is 397 g/mol. The van der Waals surface area contributed by atoms with E-state index in [0.29, 0.717) is 5.56 Å². The smallest absolute Gasteiger partial charge is 0.287 e. The molecule has 140 valence electrons. The molecule has 2 aromatic carbocycles. The molecule has 9 heteroatoms. The topological polar surface area (TPSA) is 53.4 Å². The zero-order valence-corrected chi connectivity index (χ0v) is 14.6. The molecule has 0 saturated carbocycles. The standard InChI is InChI=1S/C18H12ClF3N2O3/c1-11(25)26-27-13-6-4-5-12(9-13)16-10-17(18(20,21)22)23-24(16)15-8-3-2-7-14(15)19/h2-10H,1H3. The fraction of sp³-hybridized carbons (Fsp3) is 0.111. The number of carbonyl (C=O) groups is 1. The second-order valence-corrected chi connectivity index (χ2v) is 5.87. The van der Waals surface area contributed by atoms with Gasteiger partial charge < -0.3 is 0 Å². The van der Waals surface area contributed by atoms with Crippen LogP contribution in [0, 0.1) is 0 Å². The molecule has 5 nitrogen and oxygen atoms in total. The van der Waals surface area contributed by atoms with E-state index in [9.17, 15) is 18.0 Å². The average Bonchev–Trinajstić information content (AvgIpc) is 3.06. The minimum absolute atomic E-state index is 0.142. The zero-order chi connectivity index (χ0) is 19.6. The molecule has 27 heavy (non-hydrogen) atoms. The van der Waals surface area contributed by atoms with Crippen molar-refractivity contribution in [2.24, 2.45) is 0 Å². The molecule has 3 rings (SSSR count). The number of para-hydroxylation sites is 1. The van der Waals surface area contributed by atoms with E-state index < -0.39 is 17.8 Å². The molecule has 0 spiro atoms. The van der Waals surface area contributed by atoms with Crippen molar-refractivity contribution in [2.75, 3.05) is 0 Å². The fourth-order valence-corrected chi connectivity index (χ4v) is 2.56. The van der Waals surface area contributed by atoms with Crippen LogP contribution in [-0.4, -0.2) is 15.7 Å². The molecule has 0 atom stereocenters. The molecule has 0 radical (unpaired) electrons. The van der Waals surface area contributed by atoms with Crippen LogP contribution in [0.4, 0.5) is 13.2 Å². The Morgan fingerprint density at radius 2 is 1.85 bits per heavy atom. The van der Waals surface area contributed by atoms with Gasteiger partial charge in [0.1, 0.15) is 0 Å². The normalized spacial score (nSPS) is 11.3. The Hall–Kier alpha value is -3.00. The van der Waals surface area contributed by atoms with Crippen molar-refractivity contribution < 1.29 is 27.7 Å². The number of nitrogens with zero attached hydrogens (tertiary/aromatic N) is 2. The SMILES string of the molecule is CC(=O)OOc1cccc(-c2cc(C(F)(F)F)nn2-c2ccccc2Cl)c1. The third-order valence-corrected chi connectivity index (χ3v) is 3.79. The van der Waals surface area contributed by atoms with Crippen LogP contribution in [0.15, 0.2) is 54.6 Å². The van der Waals surface area contributed by atoms with Crippen molar-refractivity contribution in [3.63, 3.8) is 0 Å². The van der Waals surface area contributed by atoms with Crippen molar-refractivity contribution in [3.05, 3.63) is 65.3 Å². The van der Waals surface area contributed by atoms with Gasteiger partial charge in [-0.25, -0.2) is 9.48 Å². The second-order valence-electron chi connectivity index (χ2n) is 5.46. The van der Waals surface area contributed by atoms with Gasteiger partial charge in [0, 0.05) is 12.5 Å². The summed E-state index contributed by atoms with van der Waals surface area (Å²) in [5.41, 5.74) is -0.272. The van der Waals surface area contributed by atoms with Crippen molar-refractivity contribution in [3.8, 4) is 22.7 Å². The third-order valence-electron chi connectivity index (χ3n) is 3.47. The Morgan fingerprint density at radius 3 is 2.52 bits per heavy atom. The molecule has 0 aliphatic carbocycles. The molecule has 0 bridgehead atoms. The van der Waals surface area contributed by atoms with Gasteiger partial charge in [0.15, 0.2) is 11.4 Å². The van der Waals surface area contributed by atoms with Crippen molar-refractivity contribution in [2.45, 2.75) is 13.1 Å². The molecular formula is C18H12ClF3N2O3. The van der Waals surface area contributed by atoms with Gasteiger partial charge in [-0.2, -0.15) is 18.3 Å². The van der Waals surface area contributed by atoms with E-state index in [-0.39, 0.29) is 22.2 Å². The number of aromatic nitrogens is 2. The minimum atomic E-state index is -4.63. The first-order chi connectivity index (χ1) is 12.8. The molecule has 0 unspecified atom stereocenters. The highest BCUT2D eigenvalue weighted by Gasteiger charge is 2.35. The number of hydrogen-bond donors (Lipinski definition) is 0. The lowest BCUT2D eigenvalue weighted by Gasteiger charge is -2.10. The van der Waals surface area contributed by atoms with Gasteiger partial charge in [0.25, 0.3) is 0 Å². The van der Waals surface area contributed by atoms with Crippen LogP contribution in [-0.2, 0) is 15.9 Å². The molecule has 1 heterocycles. The monoisotopic (exact) mass is 396 g/mol. The maximum atomic E-state index is 13.2. The summed E-state index contributed by atoms with van der Waals surface area (Å²) in [6, 6.07) is 13.4. The summed E-state index contributed by atoms with van der Waals surface area (Å²) in [5, 5.41) is 3.91. The van der Waals surface area contributed by atoms with E-state index in [1.165, 1.54) is 12.1 Å². The molecule has 0 aliphatic rings. The van der Waals surface area contributed by atoms with Crippen LogP contribution in [0.1, 0.15) is 12.6 Å². The highest BCUT2D eigenvalue weighted by Crippen LogP contribution is 2.35. The summed E-state index contributed by atoms with van der Waals surface area (Å²) in [4.78, 5) is 20.2. The lowest BCUT2D eigenvalue weighted by Crippen LogP contribution is -2.07. The molecule has 1 aromatic heterocycles. The maximum Gasteiger partial charge on any atom is 0.435 e. The summed E-state index contributed by atoms with van der Waals surface area (Å²) in [6.45, 7) is 1.16. The predicted octanol–water partition coefficient (Wildman–Crippen LogP) is 5.07. The first kappa shape index (κ1) is 18.8. The van der Waals surface area contributed by atoms with Crippen molar-refractivity contribution >= 4 is 17.6 Å². The van der Waals surface area contributed by atoms with Crippen LogP contribution >= 0.6 is 11.6 Å². The molecule has 0 aliphatic heterocycles. The van der Waals surface area contributed by atoms with Gasteiger partial charge >= 0.3 is 12.1 Å². The van der Waals surface area contributed by atoms with Gasteiger partial charge in [0.05, 0.1) is 16.4 Å². The second kappa shape index (κ2) is 7.32. The highest BCUT2D eigenvalue weighted by atomic mass is 35.5. The van der Waals surface area contributed by atoms with E-state index in [4.69, 9.17) is 16.5 Å². The zero-order valence-electron chi connectivity index (χ0n) is 13.8. The first-order valence-corrected chi connectivity index (χ1v) is 8.01. The molecule has 0 saturated heterocycles. The quantitative estimate of drug-likeness (QED) is 0.456. The molecule has 0 N–H and O–H groups in total. The molecular weight excluding hydrogens is 385 g/mol. The Kier molecular flexibility index (Phi) is 5.09. The Bertz CT molecular complexity index is 986. The van der Waals surface area contributed by atoms with Crippen LogP contribution < -0.4 is 4.89 Å². The van der Waals surface area contributed by atoms with Gasteiger partial charge in [-0.15, -0.1) is 0 Å². The molecule has 0 amide bonds. The number of rotatable bonds is 4. The highest BCUT2D eigenvalue weighted by molar-refractivity contribution is 6.32. The lowest BCUT2D eigenvalue weighted by molar-refractivity contribution is -0.210. The number of carbonyl (C=O) groups excluding carboxylic acids is 1. The van der Waals surface area contributed by atoms with Gasteiger partial charge in [-0.05, 0) is 30.3 Å². The van der Waals surface area contributed by atoms with E-state index >= 15 is 0 Å². The minimum Gasteiger partial charge on any atom is -0.287 e. The third kappa shape index (κ3) is 4.22. The molecule has 3 aromatic rings. The van der Waals surface area contributed by atoms with Gasteiger partial charge in [-0.3, -0.25) is 9.78 Å². The van der Waals surface area contributed by atoms with Crippen LogP contribution in [0.25, 0.3) is 16.9 Å². The van der Waals surface area contributed by atoms with E-state index in [1.807, 2.05) is 0 Å². The van der Waals surface area contributed by atoms with Crippen LogP contribution in [0.2, 0.25) is 5.02 Å². The largest absolute Gasteiger partial charge is 0.435 e. The number of benzene rings is 2. The summed E-state index contributed by atoms with van der Waals surface area (Å²) >= 11 is 6.13. The van der Waals surface area contributed by atoms with Crippen LogP contribution in [0.3, 0.4) is 0 Å². The maximum absolute atomic E-state index is 13.2. The predicted molar refractivity (Wildman–Crippen MR) is 91.4 cm³/mol. The van der Waals surface area contributed by atoms with E-state index in [2.05, 4.69) is 9.99 Å². The van der Waals surface area contributed by atoms with Gasteiger partial charge in [0.2, 0.25) is 0 Å². The number of alkyl halides is 3. The number of halogens is 4. The molecule has 0 fully saturated rings. The van der Waals surface area contributed by atoms with E-state index in [1.54, 1.807) is 36.4 Å². The Labute approximate surface area is 156 Å². The first-order valence-electron chi connectivity index (χ1n) is 7.63. The van der Waals surface area contributed by atoms with Crippen LogP contribution in [0.5, 0.6) is 5.75 Å². The summed E-state index contributed by atoms with van der Waals surface area (Å²) < 4.78 is 40.7. The fourth-order valence-electron chi connectivity index (χ4n) is 2.35. The van der Waals surface area contributed by atoms with Crippen molar-refractivity contribution in [1.82, 2.24) is 9.78 Å². The van der Waals surface area contributed by atoms with Crippen molar-refractivity contribution in [1.29, 1.82) is 0 Å². The van der Waals surface area contributed by atoms with Gasteiger partial charge in [-0.1, -0.05) is 35.9 Å². The van der Waals surface area contributed by atoms with E-state index in [0.717, 1.165) is 17.7 Å². The summed E-state index contributed by atoms with van der Waals surface area (Å²) in [7, 11) is 0. The number of hydrogen-bond acceptors (Lipinski definition) is 4. The summed E-state index contributed by atoms with van der Waals surface area (Å²) in [5.74, 6) is -0.524.